The van der Waals surface area contributed by atoms with Crippen LogP contribution < -0.4 is 10.6 Å². The van der Waals surface area contributed by atoms with Gasteiger partial charge in [0.1, 0.15) is 0 Å². The third kappa shape index (κ3) is 5.14. The Labute approximate surface area is 92.4 Å². The van der Waals surface area contributed by atoms with Crippen LogP contribution in [-0.2, 0) is 4.79 Å². The fraction of sp³-hybridized carbons (Fsp3) is 0.909. The lowest BCUT2D eigenvalue weighted by Crippen LogP contribution is -2.40. The van der Waals surface area contributed by atoms with Crippen LogP contribution in [0, 0.1) is 5.92 Å². The van der Waals surface area contributed by atoms with E-state index in [1.165, 1.54) is 6.42 Å². The fourth-order valence-electron chi connectivity index (χ4n) is 1.99. The number of carbonyl (C=O) groups is 1. The molecule has 1 heterocycles. The summed E-state index contributed by atoms with van der Waals surface area (Å²) in [5.41, 5.74) is 0. The highest BCUT2D eigenvalue weighted by molar-refractivity contribution is 5.78. The number of hydrogen-bond acceptors (Lipinski definition) is 3. The molecule has 0 aliphatic carbocycles. The van der Waals surface area contributed by atoms with E-state index >= 15 is 0 Å². The van der Waals surface area contributed by atoms with Gasteiger partial charge in [-0.05, 0) is 46.3 Å². The molecule has 0 aromatic carbocycles. The topological polar surface area (TPSA) is 44.4 Å². The molecule has 1 amide bonds. The molecule has 0 aromatic rings. The van der Waals surface area contributed by atoms with E-state index in [1.807, 2.05) is 20.9 Å². The van der Waals surface area contributed by atoms with Crippen molar-refractivity contribution in [2.45, 2.75) is 26.3 Å². The standard InChI is InChI=1S/C11H23N3O/c1-9(2)13-11(15)8-14(3)7-10-4-5-12-6-10/h9-10,12H,4-8H2,1-3H3,(H,13,15). The molecule has 0 aromatic heterocycles. The third-order valence-electron chi connectivity index (χ3n) is 2.60. The number of rotatable bonds is 5. The van der Waals surface area contributed by atoms with Crippen LogP contribution in [0.15, 0.2) is 0 Å². The van der Waals surface area contributed by atoms with Gasteiger partial charge in [-0.25, -0.2) is 0 Å². The summed E-state index contributed by atoms with van der Waals surface area (Å²) >= 11 is 0. The molecule has 1 saturated heterocycles. The van der Waals surface area contributed by atoms with E-state index in [-0.39, 0.29) is 11.9 Å². The summed E-state index contributed by atoms with van der Waals surface area (Å²) in [5, 5.41) is 6.24. The zero-order chi connectivity index (χ0) is 11.3. The quantitative estimate of drug-likeness (QED) is 0.678. The van der Waals surface area contributed by atoms with Crippen molar-refractivity contribution in [3.63, 3.8) is 0 Å². The Kier molecular flexibility index (Phi) is 5.05. The Bertz CT molecular complexity index is 200. The summed E-state index contributed by atoms with van der Waals surface area (Å²) in [6.07, 6.45) is 1.23. The van der Waals surface area contributed by atoms with Gasteiger partial charge in [-0.15, -0.1) is 0 Å². The normalized spacial score (nSPS) is 21.3. The SMILES string of the molecule is CC(C)NC(=O)CN(C)CC1CCNC1. The van der Waals surface area contributed by atoms with Crippen LogP contribution in [0.4, 0.5) is 0 Å². The van der Waals surface area contributed by atoms with Gasteiger partial charge in [0, 0.05) is 12.6 Å². The van der Waals surface area contributed by atoms with Crippen LogP contribution in [0.1, 0.15) is 20.3 Å². The van der Waals surface area contributed by atoms with Crippen molar-refractivity contribution in [2.75, 3.05) is 33.2 Å². The molecule has 0 bridgehead atoms. The average Bonchev–Trinajstić information content (AvgIpc) is 2.53. The maximum atomic E-state index is 11.5. The zero-order valence-electron chi connectivity index (χ0n) is 10.0. The summed E-state index contributed by atoms with van der Waals surface area (Å²) < 4.78 is 0. The predicted octanol–water partition coefficient (Wildman–Crippen LogP) is 0.0523. The number of nitrogens with zero attached hydrogens (tertiary/aromatic N) is 1. The molecule has 15 heavy (non-hydrogen) atoms. The van der Waals surface area contributed by atoms with Crippen LogP contribution in [0.25, 0.3) is 0 Å². The monoisotopic (exact) mass is 213 g/mol. The third-order valence-corrected chi connectivity index (χ3v) is 2.60. The molecule has 0 radical (unpaired) electrons. The fourth-order valence-corrected chi connectivity index (χ4v) is 1.99. The molecule has 2 N–H and O–H groups in total. The highest BCUT2D eigenvalue weighted by Crippen LogP contribution is 2.08. The molecule has 1 fully saturated rings. The van der Waals surface area contributed by atoms with Gasteiger partial charge in [0.05, 0.1) is 6.54 Å². The number of nitrogens with one attached hydrogen (secondary N) is 2. The second kappa shape index (κ2) is 6.08. The lowest BCUT2D eigenvalue weighted by molar-refractivity contribution is -0.122. The zero-order valence-corrected chi connectivity index (χ0v) is 10.0. The van der Waals surface area contributed by atoms with Gasteiger partial charge in [0.25, 0.3) is 0 Å². The van der Waals surface area contributed by atoms with Gasteiger partial charge in [-0.3, -0.25) is 9.69 Å². The first-order valence-corrected chi connectivity index (χ1v) is 5.76. The van der Waals surface area contributed by atoms with Crippen molar-refractivity contribution in [3.05, 3.63) is 0 Å². The van der Waals surface area contributed by atoms with Gasteiger partial charge < -0.3 is 10.6 Å². The summed E-state index contributed by atoms with van der Waals surface area (Å²) in [6.45, 7) is 7.71. The average molecular weight is 213 g/mol. The summed E-state index contributed by atoms with van der Waals surface area (Å²) in [5.74, 6) is 0.834. The first-order valence-electron chi connectivity index (χ1n) is 5.76. The van der Waals surface area contributed by atoms with Crippen molar-refractivity contribution >= 4 is 5.91 Å². The number of likely N-dealkylation sites (N-methyl/N-ethyl adjacent to an activating group) is 1. The number of hydrogen-bond donors (Lipinski definition) is 2. The Hall–Kier alpha value is -0.610. The molecule has 1 atom stereocenters. The number of carbonyl (C=O) groups excluding carboxylic acids is 1. The summed E-state index contributed by atoms with van der Waals surface area (Å²) in [4.78, 5) is 13.6. The lowest BCUT2D eigenvalue weighted by atomic mass is 10.1. The lowest BCUT2D eigenvalue weighted by Gasteiger charge is -2.20. The Morgan fingerprint density at radius 3 is 2.87 bits per heavy atom. The van der Waals surface area contributed by atoms with E-state index in [0.29, 0.717) is 12.5 Å². The highest BCUT2D eigenvalue weighted by Gasteiger charge is 2.17. The largest absolute Gasteiger partial charge is 0.353 e. The molecule has 0 spiro atoms. The van der Waals surface area contributed by atoms with E-state index in [9.17, 15) is 4.79 Å². The summed E-state index contributed by atoms with van der Waals surface area (Å²) in [6, 6.07) is 0.235. The second-order valence-electron chi connectivity index (χ2n) is 4.78. The Balaban J connectivity index is 2.16. The predicted molar refractivity (Wildman–Crippen MR) is 61.8 cm³/mol. The molecule has 4 nitrogen and oxygen atoms in total. The van der Waals surface area contributed by atoms with Gasteiger partial charge in [0.15, 0.2) is 0 Å². The van der Waals surface area contributed by atoms with E-state index in [1.54, 1.807) is 0 Å². The molecule has 88 valence electrons. The maximum absolute atomic E-state index is 11.5. The van der Waals surface area contributed by atoms with E-state index in [0.717, 1.165) is 19.6 Å². The van der Waals surface area contributed by atoms with E-state index < -0.39 is 0 Å². The van der Waals surface area contributed by atoms with Crippen molar-refractivity contribution in [1.29, 1.82) is 0 Å². The van der Waals surface area contributed by atoms with Crippen molar-refractivity contribution in [3.8, 4) is 0 Å². The summed E-state index contributed by atoms with van der Waals surface area (Å²) in [7, 11) is 2.01. The van der Waals surface area contributed by atoms with Crippen molar-refractivity contribution in [1.82, 2.24) is 15.5 Å². The molecule has 1 rings (SSSR count). The first kappa shape index (κ1) is 12.5. The van der Waals surface area contributed by atoms with Crippen molar-refractivity contribution < 1.29 is 4.79 Å². The minimum absolute atomic E-state index is 0.124. The van der Waals surface area contributed by atoms with Crippen LogP contribution >= 0.6 is 0 Å². The molecule has 4 heteroatoms. The van der Waals surface area contributed by atoms with Gasteiger partial charge in [-0.2, -0.15) is 0 Å². The van der Waals surface area contributed by atoms with E-state index in [2.05, 4.69) is 15.5 Å². The smallest absolute Gasteiger partial charge is 0.234 e. The van der Waals surface area contributed by atoms with Crippen LogP contribution in [0.5, 0.6) is 0 Å². The minimum Gasteiger partial charge on any atom is -0.353 e. The Morgan fingerprint density at radius 1 is 1.60 bits per heavy atom. The molecule has 1 aliphatic rings. The molecular weight excluding hydrogens is 190 g/mol. The van der Waals surface area contributed by atoms with Crippen LogP contribution in [-0.4, -0.2) is 50.1 Å². The van der Waals surface area contributed by atoms with Crippen molar-refractivity contribution in [2.24, 2.45) is 5.92 Å². The molecule has 0 saturated carbocycles. The van der Waals surface area contributed by atoms with Gasteiger partial charge in [-0.1, -0.05) is 0 Å². The number of amides is 1. The van der Waals surface area contributed by atoms with Crippen LogP contribution in [0.2, 0.25) is 0 Å². The first-order chi connectivity index (χ1) is 7.08. The minimum atomic E-state index is 0.124. The maximum Gasteiger partial charge on any atom is 0.234 e. The van der Waals surface area contributed by atoms with Gasteiger partial charge >= 0.3 is 0 Å². The Morgan fingerprint density at radius 2 is 2.33 bits per heavy atom. The second-order valence-corrected chi connectivity index (χ2v) is 4.78. The molecular formula is C11H23N3O. The van der Waals surface area contributed by atoms with E-state index in [4.69, 9.17) is 0 Å². The van der Waals surface area contributed by atoms with Crippen LogP contribution in [0.3, 0.4) is 0 Å². The highest BCUT2D eigenvalue weighted by atomic mass is 16.2. The molecule has 1 aliphatic heterocycles. The molecule has 1 unspecified atom stereocenters. The van der Waals surface area contributed by atoms with Gasteiger partial charge in [0.2, 0.25) is 5.91 Å².